The fraction of sp³-hybridized carbons (Fsp3) is 0.125. The number of hydrogen-bond acceptors (Lipinski definition) is 6. The summed E-state index contributed by atoms with van der Waals surface area (Å²) in [6.07, 6.45) is 0. The van der Waals surface area contributed by atoms with Gasteiger partial charge in [-0.25, -0.2) is 13.8 Å². The summed E-state index contributed by atoms with van der Waals surface area (Å²) in [6.45, 7) is 3.34. The number of nitrogens with one attached hydrogen (secondary N) is 2. The van der Waals surface area contributed by atoms with Gasteiger partial charge in [0.1, 0.15) is 17.9 Å². The third kappa shape index (κ3) is 3.80. The molecular formula is C24H21N5O3S2. The number of hydrazone groups is 1. The third-order valence-electron chi connectivity index (χ3n) is 5.49. The highest BCUT2D eigenvalue weighted by molar-refractivity contribution is 7.93. The second kappa shape index (κ2) is 8.54. The Morgan fingerprint density at radius 1 is 1.09 bits per heavy atom. The van der Waals surface area contributed by atoms with Gasteiger partial charge in [0.15, 0.2) is 0 Å². The predicted molar refractivity (Wildman–Crippen MR) is 133 cm³/mol. The second-order valence-corrected chi connectivity index (χ2v) is 10.9. The van der Waals surface area contributed by atoms with Crippen LogP contribution in [0.15, 0.2) is 76.7 Å². The van der Waals surface area contributed by atoms with Crippen LogP contribution in [-0.2, 0) is 14.8 Å². The average Bonchev–Trinajstić information content (AvgIpc) is 3.48. The maximum Gasteiger partial charge on any atom is 0.265 e. The van der Waals surface area contributed by atoms with Gasteiger partial charge in [0.2, 0.25) is 0 Å². The molecule has 0 spiro atoms. The Labute approximate surface area is 201 Å². The zero-order chi connectivity index (χ0) is 23.9. The summed E-state index contributed by atoms with van der Waals surface area (Å²) in [5, 5.41) is 11.6. The first-order chi connectivity index (χ1) is 16.4. The van der Waals surface area contributed by atoms with E-state index < -0.39 is 22.5 Å². The lowest BCUT2D eigenvalue weighted by atomic mass is 10.1. The van der Waals surface area contributed by atoms with Crippen molar-refractivity contribution in [1.82, 2.24) is 15.6 Å². The molecule has 1 aliphatic rings. The van der Waals surface area contributed by atoms with E-state index in [2.05, 4.69) is 20.7 Å². The van der Waals surface area contributed by atoms with Gasteiger partial charge in [-0.1, -0.05) is 48.5 Å². The van der Waals surface area contributed by atoms with Crippen LogP contribution in [0.5, 0.6) is 0 Å². The molecule has 2 N–H and O–H groups in total. The van der Waals surface area contributed by atoms with E-state index in [9.17, 15) is 13.2 Å². The van der Waals surface area contributed by atoms with Crippen LogP contribution in [0.1, 0.15) is 16.7 Å². The highest BCUT2D eigenvalue weighted by atomic mass is 32.2. The molecule has 0 bridgehead atoms. The Morgan fingerprint density at radius 2 is 1.82 bits per heavy atom. The Bertz CT molecular complexity index is 1510. The van der Waals surface area contributed by atoms with Crippen LogP contribution < -0.4 is 9.73 Å². The smallest absolute Gasteiger partial charge is 0.265 e. The monoisotopic (exact) mass is 491 g/mol. The number of anilines is 1. The summed E-state index contributed by atoms with van der Waals surface area (Å²) in [7, 11) is -4.01. The van der Waals surface area contributed by atoms with E-state index in [0.717, 1.165) is 19.6 Å². The second-order valence-electron chi connectivity index (χ2n) is 7.81. The maximum absolute atomic E-state index is 13.6. The number of fused-ring (bicyclic) bond motifs is 3. The normalized spacial score (nSPS) is 14.4. The highest BCUT2D eigenvalue weighted by Gasteiger charge is 2.39. The molecular weight excluding hydrogens is 470 g/mol. The number of sulfonamides is 1. The number of nitrogens with zero attached hydrogens (tertiary/aromatic N) is 3. The first-order valence-electron chi connectivity index (χ1n) is 10.5. The van der Waals surface area contributed by atoms with E-state index in [1.165, 1.54) is 6.07 Å². The number of rotatable bonds is 5. The molecule has 3 heterocycles. The quantitative estimate of drug-likeness (QED) is 0.323. The molecule has 0 saturated carbocycles. The molecule has 8 nitrogen and oxygen atoms in total. The Balaban J connectivity index is 1.53. The third-order valence-corrected chi connectivity index (χ3v) is 8.41. The molecule has 0 radical (unpaired) electrons. The van der Waals surface area contributed by atoms with Gasteiger partial charge in [0.05, 0.1) is 21.2 Å². The molecule has 0 fully saturated rings. The summed E-state index contributed by atoms with van der Waals surface area (Å²) in [6, 6.07) is 19.9. The molecule has 34 heavy (non-hydrogen) atoms. The number of aryl methyl sites for hydroxylation is 1. The van der Waals surface area contributed by atoms with E-state index >= 15 is 0 Å². The number of carbonyl (C=O) groups excluding carboxylic acids is 1. The lowest BCUT2D eigenvalue weighted by Gasteiger charge is -2.29. The molecule has 5 rings (SSSR count). The minimum Gasteiger partial charge on any atom is -0.275 e. The number of amides is 1. The zero-order valence-electron chi connectivity index (χ0n) is 18.4. The van der Waals surface area contributed by atoms with Crippen LogP contribution in [0.2, 0.25) is 0 Å². The molecule has 2 aromatic carbocycles. The van der Waals surface area contributed by atoms with E-state index in [-0.39, 0.29) is 4.90 Å². The van der Waals surface area contributed by atoms with E-state index in [4.69, 9.17) is 0 Å². The van der Waals surface area contributed by atoms with Crippen LogP contribution in [0, 0.1) is 6.92 Å². The largest absolute Gasteiger partial charge is 0.275 e. The Morgan fingerprint density at radius 3 is 2.56 bits per heavy atom. The number of carbonyl (C=O) groups is 1. The Kier molecular flexibility index (Phi) is 5.54. The summed E-state index contributed by atoms with van der Waals surface area (Å²) >= 11 is 1.57. The van der Waals surface area contributed by atoms with Gasteiger partial charge in [-0.3, -0.25) is 14.2 Å². The minimum atomic E-state index is -4.01. The van der Waals surface area contributed by atoms with Crippen molar-refractivity contribution in [1.29, 1.82) is 0 Å². The number of thiophene rings is 1. The van der Waals surface area contributed by atoms with Gasteiger partial charge in [-0.2, -0.15) is 10.2 Å². The van der Waals surface area contributed by atoms with Crippen LogP contribution in [-0.4, -0.2) is 36.8 Å². The van der Waals surface area contributed by atoms with Gasteiger partial charge < -0.3 is 0 Å². The van der Waals surface area contributed by atoms with Gasteiger partial charge >= 0.3 is 0 Å². The highest BCUT2D eigenvalue weighted by Crippen LogP contribution is 2.46. The summed E-state index contributed by atoms with van der Waals surface area (Å²) < 4.78 is 28.3. The zero-order valence-corrected chi connectivity index (χ0v) is 20.1. The number of aromatic amines is 1. The number of benzene rings is 2. The molecule has 1 amide bonds. The lowest BCUT2D eigenvalue weighted by Crippen LogP contribution is -2.41. The fourth-order valence-corrected chi connectivity index (χ4v) is 6.31. The van der Waals surface area contributed by atoms with E-state index in [1.807, 2.05) is 49.4 Å². The van der Waals surface area contributed by atoms with Gasteiger partial charge in [0, 0.05) is 16.0 Å². The SMILES string of the molecule is C/C(=N\NC(=O)CN1c2c(-c3ccccc3)n[nH]c2-c2ccccc2S1(=O)=O)c1ccc(C)s1. The van der Waals surface area contributed by atoms with Crippen LogP contribution in [0.4, 0.5) is 5.69 Å². The summed E-state index contributed by atoms with van der Waals surface area (Å²) in [5.41, 5.74) is 5.75. The van der Waals surface area contributed by atoms with Crippen molar-refractivity contribution in [2.45, 2.75) is 18.7 Å². The molecule has 1 aliphatic heterocycles. The summed E-state index contributed by atoms with van der Waals surface area (Å²) in [5.74, 6) is -0.554. The maximum atomic E-state index is 13.6. The number of H-pyrrole nitrogens is 1. The molecule has 4 aromatic rings. The average molecular weight is 492 g/mol. The molecule has 0 atom stereocenters. The predicted octanol–water partition coefficient (Wildman–Crippen LogP) is 4.16. The van der Waals surface area contributed by atoms with Crippen molar-refractivity contribution in [3.63, 3.8) is 0 Å². The topological polar surface area (TPSA) is 108 Å². The van der Waals surface area contributed by atoms with Crippen LogP contribution >= 0.6 is 11.3 Å². The molecule has 0 saturated heterocycles. The van der Waals surface area contributed by atoms with Crippen molar-refractivity contribution in [2.75, 3.05) is 10.8 Å². The molecule has 0 unspecified atom stereocenters. The number of aromatic nitrogens is 2. The van der Waals surface area contributed by atoms with Crippen molar-refractivity contribution < 1.29 is 13.2 Å². The standard InChI is InChI=1S/C24H21N5O3S2/c1-15-12-13-19(33-15)16(2)25-26-21(30)14-29-24-22(17-8-4-3-5-9-17)27-28-23(24)18-10-6-7-11-20(18)34(29,31)32/h3-13H,14H2,1-2H3,(H,26,30)(H,27,28)/b25-16+. The molecule has 10 heteroatoms. The van der Waals surface area contributed by atoms with E-state index in [0.29, 0.717) is 28.4 Å². The fourth-order valence-electron chi connectivity index (χ4n) is 3.86. The first kappa shape index (κ1) is 22.1. The van der Waals surface area contributed by atoms with Gasteiger partial charge in [0.25, 0.3) is 15.9 Å². The lowest BCUT2D eigenvalue weighted by molar-refractivity contribution is -0.119. The first-order valence-corrected chi connectivity index (χ1v) is 12.8. The molecule has 0 aliphatic carbocycles. The van der Waals surface area contributed by atoms with Crippen LogP contribution in [0.3, 0.4) is 0 Å². The van der Waals surface area contributed by atoms with E-state index in [1.54, 1.807) is 36.5 Å². The minimum absolute atomic E-state index is 0.118. The van der Waals surface area contributed by atoms with Gasteiger partial charge in [-0.15, -0.1) is 11.3 Å². The van der Waals surface area contributed by atoms with Crippen molar-refractivity contribution in [3.05, 3.63) is 76.5 Å². The molecule has 172 valence electrons. The number of hydrogen-bond donors (Lipinski definition) is 2. The van der Waals surface area contributed by atoms with Crippen molar-refractivity contribution in [3.8, 4) is 22.5 Å². The van der Waals surface area contributed by atoms with Crippen molar-refractivity contribution in [2.24, 2.45) is 5.10 Å². The van der Waals surface area contributed by atoms with Crippen molar-refractivity contribution >= 4 is 38.7 Å². The Hall–Kier alpha value is -3.76. The molecule has 2 aromatic heterocycles. The van der Waals surface area contributed by atoms with Crippen LogP contribution in [0.25, 0.3) is 22.5 Å². The summed E-state index contributed by atoms with van der Waals surface area (Å²) in [4.78, 5) is 15.1. The van der Waals surface area contributed by atoms with Gasteiger partial charge in [-0.05, 0) is 32.0 Å².